The molecular weight excluding hydrogens is 296 g/mol. The molecule has 24 heavy (non-hydrogen) atoms. The molecule has 1 heterocycles. The van der Waals surface area contributed by atoms with Crippen LogP contribution in [0, 0.1) is 0 Å². The molecular formula is C22H28O2. The molecule has 0 saturated carbocycles. The van der Waals surface area contributed by atoms with Gasteiger partial charge in [0.05, 0.1) is 6.10 Å². The summed E-state index contributed by atoms with van der Waals surface area (Å²) in [6.45, 7) is 6.45. The zero-order valence-electron chi connectivity index (χ0n) is 15.1. The molecule has 128 valence electrons. The Bertz CT molecular complexity index is 722. The Morgan fingerprint density at radius 1 is 1.17 bits per heavy atom. The van der Waals surface area contributed by atoms with Gasteiger partial charge < -0.3 is 9.84 Å². The minimum absolute atomic E-state index is 0.326. The van der Waals surface area contributed by atoms with Crippen LogP contribution >= 0.6 is 0 Å². The Hall–Kier alpha value is -1.70. The van der Waals surface area contributed by atoms with Gasteiger partial charge in [0.2, 0.25) is 0 Å². The second-order valence-corrected chi connectivity index (χ2v) is 7.81. The fourth-order valence-electron chi connectivity index (χ4n) is 4.64. The van der Waals surface area contributed by atoms with E-state index in [2.05, 4.69) is 39.0 Å². The summed E-state index contributed by atoms with van der Waals surface area (Å²) in [7, 11) is 0. The molecule has 0 aromatic heterocycles. The van der Waals surface area contributed by atoms with Gasteiger partial charge in [-0.1, -0.05) is 30.7 Å². The second kappa shape index (κ2) is 5.98. The topological polar surface area (TPSA) is 29.5 Å². The zero-order chi connectivity index (χ0) is 16.8. The summed E-state index contributed by atoms with van der Waals surface area (Å²) >= 11 is 0. The van der Waals surface area contributed by atoms with Crippen molar-refractivity contribution < 1.29 is 9.84 Å². The first-order valence-electron chi connectivity index (χ1n) is 9.48. The minimum atomic E-state index is 0.326. The van der Waals surface area contributed by atoms with Crippen LogP contribution in [0.15, 0.2) is 23.8 Å². The van der Waals surface area contributed by atoms with E-state index >= 15 is 0 Å². The number of hydrogen-bond donors (Lipinski definition) is 1. The Kier molecular flexibility index (Phi) is 3.94. The lowest BCUT2D eigenvalue weighted by atomic mass is 9.68. The fourth-order valence-corrected chi connectivity index (χ4v) is 4.64. The number of aromatic hydroxyl groups is 1. The molecule has 2 bridgehead atoms. The van der Waals surface area contributed by atoms with E-state index in [1.165, 1.54) is 28.7 Å². The lowest BCUT2D eigenvalue weighted by Crippen LogP contribution is -2.27. The third kappa shape index (κ3) is 2.39. The average Bonchev–Trinajstić information content (AvgIpc) is 2.61. The summed E-state index contributed by atoms with van der Waals surface area (Å²) in [5.41, 5.74) is 6.15. The number of benzene rings is 1. The molecule has 3 unspecified atom stereocenters. The maximum absolute atomic E-state index is 11.1. The Morgan fingerprint density at radius 3 is 2.50 bits per heavy atom. The van der Waals surface area contributed by atoms with Crippen LogP contribution in [-0.4, -0.2) is 11.2 Å². The minimum Gasteiger partial charge on any atom is -0.507 e. The van der Waals surface area contributed by atoms with Gasteiger partial charge in [-0.2, -0.15) is 0 Å². The van der Waals surface area contributed by atoms with E-state index in [-0.39, 0.29) is 0 Å². The van der Waals surface area contributed by atoms with Crippen LogP contribution < -0.4 is 4.74 Å². The van der Waals surface area contributed by atoms with Gasteiger partial charge in [0, 0.05) is 34.1 Å². The SMILES string of the molecule is CCC1CCc2c(CC=C(C)C)c(O)c3c(c2O1)C1C=CC3CC1. The molecule has 3 aliphatic carbocycles. The first-order valence-corrected chi connectivity index (χ1v) is 9.48. The normalized spacial score (nSPS) is 26.5. The molecule has 1 aromatic carbocycles. The van der Waals surface area contributed by atoms with Crippen molar-refractivity contribution in [2.45, 2.75) is 77.2 Å². The summed E-state index contributed by atoms with van der Waals surface area (Å²) in [4.78, 5) is 0. The predicted octanol–water partition coefficient (Wildman–Crippen LogP) is 5.54. The van der Waals surface area contributed by atoms with Crippen LogP contribution in [0.1, 0.15) is 80.5 Å². The van der Waals surface area contributed by atoms with Crippen LogP contribution in [0.3, 0.4) is 0 Å². The highest BCUT2D eigenvalue weighted by Crippen LogP contribution is 2.55. The number of rotatable bonds is 3. The molecule has 2 heteroatoms. The molecule has 0 saturated heterocycles. The van der Waals surface area contributed by atoms with Crippen LogP contribution in [0.25, 0.3) is 0 Å². The monoisotopic (exact) mass is 324 g/mol. The standard InChI is InChI=1S/C22H28O2/c1-4-16-10-12-18-17(11-5-13(2)3)21(23)19-14-6-8-15(9-7-14)20(19)22(18)24-16/h5-6,8,14-16,23H,4,7,9-12H2,1-3H3. The maximum Gasteiger partial charge on any atom is 0.127 e. The van der Waals surface area contributed by atoms with Crippen molar-refractivity contribution in [1.82, 2.24) is 0 Å². The summed E-state index contributed by atoms with van der Waals surface area (Å²) in [6.07, 6.45) is 13.5. The van der Waals surface area contributed by atoms with Crippen molar-refractivity contribution in [3.8, 4) is 11.5 Å². The highest BCUT2D eigenvalue weighted by atomic mass is 16.5. The number of allylic oxidation sites excluding steroid dienone is 4. The van der Waals surface area contributed by atoms with Crippen molar-refractivity contribution in [3.63, 3.8) is 0 Å². The van der Waals surface area contributed by atoms with Gasteiger partial charge in [0.1, 0.15) is 11.5 Å². The highest BCUT2D eigenvalue weighted by Gasteiger charge is 2.38. The fraction of sp³-hybridized carbons (Fsp3) is 0.545. The van der Waals surface area contributed by atoms with Crippen LogP contribution in [0.5, 0.6) is 11.5 Å². The van der Waals surface area contributed by atoms with E-state index in [1.54, 1.807) is 0 Å². The first-order chi connectivity index (χ1) is 11.6. The summed E-state index contributed by atoms with van der Waals surface area (Å²) in [5, 5.41) is 11.1. The molecule has 1 aromatic rings. The van der Waals surface area contributed by atoms with Gasteiger partial charge in [0.15, 0.2) is 0 Å². The van der Waals surface area contributed by atoms with Gasteiger partial charge in [-0.25, -0.2) is 0 Å². The van der Waals surface area contributed by atoms with E-state index in [9.17, 15) is 5.11 Å². The van der Waals surface area contributed by atoms with Gasteiger partial charge in [-0.15, -0.1) is 0 Å². The van der Waals surface area contributed by atoms with Crippen molar-refractivity contribution in [1.29, 1.82) is 0 Å². The number of phenols is 1. The highest BCUT2D eigenvalue weighted by molar-refractivity contribution is 5.65. The quantitative estimate of drug-likeness (QED) is 0.740. The number of fused-ring (bicyclic) bond motifs is 2. The predicted molar refractivity (Wildman–Crippen MR) is 98.1 cm³/mol. The molecule has 3 atom stereocenters. The van der Waals surface area contributed by atoms with E-state index in [0.717, 1.165) is 43.4 Å². The molecule has 0 radical (unpaired) electrons. The van der Waals surface area contributed by atoms with Gasteiger partial charge in [-0.05, 0) is 52.4 Å². The number of phenolic OH excluding ortho intramolecular Hbond substituents is 1. The van der Waals surface area contributed by atoms with Crippen LogP contribution in [0.4, 0.5) is 0 Å². The average molecular weight is 324 g/mol. The molecule has 0 fully saturated rings. The summed E-state index contributed by atoms with van der Waals surface area (Å²) in [5.74, 6) is 2.47. The van der Waals surface area contributed by atoms with E-state index in [0.29, 0.717) is 23.7 Å². The van der Waals surface area contributed by atoms with E-state index in [4.69, 9.17) is 4.74 Å². The Labute approximate surface area is 145 Å². The van der Waals surface area contributed by atoms with Crippen molar-refractivity contribution >= 4 is 0 Å². The first kappa shape index (κ1) is 15.8. The van der Waals surface area contributed by atoms with E-state index < -0.39 is 0 Å². The van der Waals surface area contributed by atoms with Gasteiger partial charge in [-0.3, -0.25) is 0 Å². The smallest absolute Gasteiger partial charge is 0.127 e. The lowest BCUT2D eigenvalue weighted by molar-refractivity contribution is 0.165. The van der Waals surface area contributed by atoms with Crippen molar-refractivity contribution in [3.05, 3.63) is 46.1 Å². The number of ether oxygens (including phenoxy) is 1. The maximum atomic E-state index is 11.1. The molecule has 1 N–H and O–H groups in total. The Balaban J connectivity index is 1.91. The van der Waals surface area contributed by atoms with Crippen LogP contribution in [-0.2, 0) is 12.8 Å². The number of hydrogen-bond acceptors (Lipinski definition) is 2. The molecule has 2 nitrogen and oxygen atoms in total. The van der Waals surface area contributed by atoms with Crippen molar-refractivity contribution in [2.24, 2.45) is 0 Å². The molecule has 5 rings (SSSR count). The molecule has 0 amide bonds. The third-order valence-corrected chi connectivity index (χ3v) is 5.99. The molecule has 4 aliphatic rings. The third-order valence-electron chi connectivity index (χ3n) is 5.99. The second-order valence-electron chi connectivity index (χ2n) is 7.81. The summed E-state index contributed by atoms with van der Waals surface area (Å²) in [6, 6.07) is 0. The van der Waals surface area contributed by atoms with Gasteiger partial charge >= 0.3 is 0 Å². The lowest BCUT2D eigenvalue weighted by Gasteiger charge is -2.39. The Morgan fingerprint density at radius 2 is 1.88 bits per heavy atom. The van der Waals surface area contributed by atoms with E-state index in [1.807, 2.05) is 0 Å². The zero-order valence-corrected chi connectivity index (χ0v) is 15.1. The summed E-state index contributed by atoms with van der Waals surface area (Å²) < 4.78 is 6.47. The largest absolute Gasteiger partial charge is 0.507 e. The van der Waals surface area contributed by atoms with Gasteiger partial charge in [0.25, 0.3) is 0 Å². The van der Waals surface area contributed by atoms with Crippen molar-refractivity contribution in [2.75, 3.05) is 0 Å². The molecule has 0 spiro atoms. The molecule has 1 aliphatic heterocycles. The van der Waals surface area contributed by atoms with Crippen LogP contribution in [0.2, 0.25) is 0 Å².